The summed E-state index contributed by atoms with van der Waals surface area (Å²) >= 11 is 0. The molecule has 0 radical (unpaired) electrons. The zero-order valence-electron chi connectivity index (χ0n) is 14.0. The van der Waals surface area contributed by atoms with Crippen LogP contribution >= 0.6 is 0 Å². The Hall–Kier alpha value is -2.62. The summed E-state index contributed by atoms with van der Waals surface area (Å²) in [7, 11) is 0. The number of carbonyl (C=O) groups is 1. The fourth-order valence-electron chi connectivity index (χ4n) is 3.07. The summed E-state index contributed by atoms with van der Waals surface area (Å²) in [5.41, 5.74) is 3.96. The molecule has 0 saturated heterocycles. The third-order valence-corrected chi connectivity index (χ3v) is 4.17. The van der Waals surface area contributed by atoms with Gasteiger partial charge in [0.1, 0.15) is 5.82 Å². The first-order valence-corrected chi connectivity index (χ1v) is 7.88. The van der Waals surface area contributed by atoms with Crippen LogP contribution in [0, 0.1) is 5.82 Å². The van der Waals surface area contributed by atoms with Gasteiger partial charge in [-0.05, 0) is 47.9 Å². The van der Waals surface area contributed by atoms with Gasteiger partial charge in [0.2, 0.25) is 0 Å². The molecule has 1 aromatic heterocycles. The maximum atomic E-state index is 13.6. The molecule has 0 amide bonds. The van der Waals surface area contributed by atoms with Crippen molar-refractivity contribution < 1.29 is 14.3 Å². The molecule has 1 heterocycles. The summed E-state index contributed by atoms with van der Waals surface area (Å²) in [5.74, 6) is -1.21. The number of H-pyrrole nitrogens is 1. The molecular weight excluding hydrogens is 305 g/mol. The zero-order valence-corrected chi connectivity index (χ0v) is 14.0. The van der Waals surface area contributed by atoms with E-state index in [1.165, 1.54) is 12.1 Å². The van der Waals surface area contributed by atoms with E-state index in [-0.39, 0.29) is 16.8 Å². The molecule has 0 spiro atoms. The van der Waals surface area contributed by atoms with E-state index in [2.05, 4.69) is 25.8 Å². The molecule has 0 unspecified atom stereocenters. The van der Waals surface area contributed by atoms with E-state index < -0.39 is 5.97 Å². The molecule has 3 aromatic rings. The lowest BCUT2D eigenvalue weighted by Gasteiger charge is -2.19. The molecule has 0 atom stereocenters. The number of benzene rings is 2. The first-order valence-electron chi connectivity index (χ1n) is 7.88. The molecule has 0 aliphatic rings. The monoisotopic (exact) mass is 325 g/mol. The van der Waals surface area contributed by atoms with Gasteiger partial charge in [0, 0.05) is 22.0 Å². The van der Waals surface area contributed by atoms with Crippen molar-refractivity contribution >= 4 is 16.9 Å². The highest BCUT2D eigenvalue weighted by Crippen LogP contribution is 2.33. The van der Waals surface area contributed by atoms with E-state index in [1.807, 2.05) is 6.07 Å². The van der Waals surface area contributed by atoms with Crippen LogP contribution in [0.1, 0.15) is 48.0 Å². The molecule has 0 aliphatic heterocycles. The normalized spacial score (nSPS) is 11.8. The van der Waals surface area contributed by atoms with Crippen LogP contribution in [-0.4, -0.2) is 16.1 Å². The zero-order chi connectivity index (χ0) is 17.5. The second-order valence-corrected chi connectivity index (χ2v) is 7.10. The van der Waals surface area contributed by atoms with Gasteiger partial charge in [-0.25, -0.2) is 9.18 Å². The molecule has 124 valence electrons. The lowest BCUT2D eigenvalue weighted by atomic mass is 9.87. The Bertz CT molecular complexity index is 919. The van der Waals surface area contributed by atoms with Gasteiger partial charge < -0.3 is 10.1 Å². The standard InChI is InChI=1S/C20H20FNO2/c1-20(2,3)18-16(15-8-7-14(21)11-17(15)22-18)10-12-5-4-6-13(9-12)19(23)24/h4-9,11,22H,10H2,1-3H3,(H,23,24). The number of nitrogens with one attached hydrogen (secondary N) is 1. The van der Waals surface area contributed by atoms with Gasteiger partial charge in [-0.1, -0.05) is 32.9 Å². The van der Waals surface area contributed by atoms with Crippen molar-refractivity contribution in [2.45, 2.75) is 32.6 Å². The summed E-state index contributed by atoms with van der Waals surface area (Å²) in [5, 5.41) is 10.1. The molecule has 3 nitrogen and oxygen atoms in total. The van der Waals surface area contributed by atoms with Crippen LogP contribution in [0.4, 0.5) is 4.39 Å². The van der Waals surface area contributed by atoms with Crippen LogP contribution < -0.4 is 0 Å². The highest BCUT2D eigenvalue weighted by atomic mass is 19.1. The number of aromatic amines is 1. The quantitative estimate of drug-likeness (QED) is 0.720. The smallest absolute Gasteiger partial charge is 0.335 e. The van der Waals surface area contributed by atoms with Crippen LogP contribution in [0.5, 0.6) is 0 Å². The van der Waals surface area contributed by atoms with Gasteiger partial charge in [-0.3, -0.25) is 0 Å². The number of rotatable bonds is 3. The molecule has 0 bridgehead atoms. The van der Waals surface area contributed by atoms with Gasteiger partial charge in [-0.2, -0.15) is 0 Å². The first-order chi connectivity index (χ1) is 11.3. The summed E-state index contributed by atoms with van der Waals surface area (Å²) in [6, 6.07) is 11.7. The number of halogens is 1. The Labute approximate surface area is 140 Å². The van der Waals surface area contributed by atoms with Crippen LogP contribution in [0.3, 0.4) is 0 Å². The fourth-order valence-corrected chi connectivity index (χ4v) is 3.07. The van der Waals surface area contributed by atoms with E-state index in [4.69, 9.17) is 0 Å². The number of hydrogen-bond acceptors (Lipinski definition) is 1. The summed E-state index contributed by atoms with van der Waals surface area (Å²) in [6.45, 7) is 6.31. The van der Waals surface area contributed by atoms with Crippen molar-refractivity contribution in [2.24, 2.45) is 0 Å². The Morgan fingerprint density at radius 2 is 1.92 bits per heavy atom. The first kappa shape index (κ1) is 16.2. The number of aromatic carboxylic acids is 1. The number of carboxylic acid groups (broad SMARTS) is 1. The third kappa shape index (κ3) is 3.04. The average molecular weight is 325 g/mol. The van der Waals surface area contributed by atoms with E-state index in [9.17, 15) is 14.3 Å². The Kier molecular flexibility index (Phi) is 3.91. The van der Waals surface area contributed by atoms with Gasteiger partial charge in [0.25, 0.3) is 0 Å². The molecule has 24 heavy (non-hydrogen) atoms. The second kappa shape index (κ2) is 5.78. The minimum Gasteiger partial charge on any atom is -0.478 e. The lowest BCUT2D eigenvalue weighted by molar-refractivity contribution is 0.0696. The predicted octanol–water partition coefficient (Wildman–Crippen LogP) is 4.89. The van der Waals surface area contributed by atoms with Crippen LogP contribution in [-0.2, 0) is 11.8 Å². The lowest BCUT2D eigenvalue weighted by Crippen LogP contribution is -2.14. The molecule has 3 rings (SSSR count). The summed E-state index contributed by atoms with van der Waals surface area (Å²) in [6.07, 6.45) is 0.597. The van der Waals surface area contributed by atoms with Crippen molar-refractivity contribution in [1.82, 2.24) is 4.98 Å². The third-order valence-electron chi connectivity index (χ3n) is 4.17. The van der Waals surface area contributed by atoms with Crippen molar-refractivity contribution in [3.63, 3.8) is 0 Å². The molecule has 0 saturated carbocycles. The maximum Gasteiger partial charge on any atom is 0.335 e. The van der Waals surface area contributed by atoms with Crippen molar-refractivity contribution in [1.29, 1.82) is 0 Å². The van der Waals surface area contributed by atoms with Crippen LogP contribution in [0.2, 0.25) is 0 Å². The molecular formula is C20H20FNO2. The van der Waals surface area contributed by atoms with Gasteiger partial charge in [0.05, 0.1) is 5.56 Å². The topological polar surface area (TPSA) is 53.1 Å². The highest BCUT2D eigenvalue weighted by Gasteiger charge is 2.23. The highest BCUT2D eigenvalue weighted by molar-refractivity contribution is 5.88. The van der Waals surface area contributed by atoms with Crippen LogP contribution in [0.25, 0.3) is 10.9 Å². The average Bonchev–Trinajstić information content (AvgIpc) is 2.85. The molecule has 0 aliphatic carbocycles. The predicted molar refractivity (Wildman–Crippen MR) is 93.2 cm³/mol. The van der Waals surface area contributed by atoms with Crippen molar-refractivity contribution in [3.8, 4) is 0 Å². The minimum atomic E-state index is -0.936. The Morgan fingerprint density at radius 1 is 1.17 bits per heavy atom. The fraction of sp³-hybridized carbons (Fsp3) is 0.250. The molecule has 4 heteroatoms. The molecule has 0 fully saturated rings. The molecule has 2 aromatic carbocycles. The van der Waals surface area contributed by atoms with Gasteiger partial charge in [0.15, 0.2) is 0 Å². The van der Waals surface area contributed by atoms with Crippen LogP contribution in [0.15, 0.2) is 42.5 Å². The van der Waals surface area contributed by atoms with E-state index in [1.54, 1.807) is 24.3 Å². The van der Waals surface area contributed by atoms with Gasteiger partial charge in [-0.15, -0.1) is 0 Å². The Morgan fingerprint density at radius 3 is 2.58 bits per heavy atom. The molecule has 2 N–H and O–H groups in total. The summed E-state index contributed by atoms with van der Waals surface area (Å²) < 4.78 is 13.6. The maximum absolute atomic E-state index is 13.6. The number of fused-ring (bicyclic) bond motifs is 1. The Balaban J connectivity index is 2.14. The minimum absolute atomic E-state index is 0.130. The van der Waals surface area contributed by atoms with E-state index >= 15 is 0 Å². The number of carboxylic acids is 1. The van der Waals surface area contributed by atoms with Crippen molar-refractivity contribution in [3.05, 3.63) is 70.7 Å². The van der Waals surface area contributed by atoms with E-state index in [0.29, 0.717) is 6.42 Å². The second-order valence-electron chi connectivity index (χ2n) is 7.10. The largest absolute Gasteiger partial charge is 0.478 e. The van der Waals surface area contributed by atoms with Gasteiger partial charge >= 0.3 is 5.97 Å². The number of hydrogen-bond donors (Lipinski definition) is 2. The number of aromatic nitrogens is 1. The van der Waals surface area contributed by atoms with Crippen molar-refractivity contribution in [2.75, 3.05) is 0 Å². The van der Waals surface area contributed by atoms with E-state index in [0.717, 1.165) is 27.7 Å². The summed E-state index contributed by atoms with van der Waals surface area (Å²) in [4.78, 5) is 14.5. The SMILES string of the molecule is CC(C)(C)c1[nH]c2cc(F)ccc2c1Cc1cccc(C(=O)O)c1.